The lowest BCUT2D eigenvalue weighted by molar-refractivity contribution is 0.667. The summed E-state index contributed by atoms with van der Waals surface area (Å²) in [5.41, 5.74) is 11.4. The Bertz CT molecular complexity index is 3050. The molecular formula is C53H37NS. The molecule has 0 bridgehead atoms. The van der Waals surface area contributed by atoms with Crippen molar-refractivity contribution >= 4 is 71.5 Å². The summed E-state index contributed by atoms with van der Waals surface area (Å²) >= 11 is 1.88. The summed E-state index contributed by atoms with van der Waals surface area (Å²) in [7, 11) is 0. The van der Waals surface area contributed by atoms with Crippen LogP contribution in [0.4, 0.5) is 17.1 Å². The van der Waals surface area contributed by atoms with E-state index in [9.17, 15) is 0 Å². The third-order valence-electron chi connectivity index (χ3n) is 11.8. The maximum absolute atomic E-state index is 2.50. The highest BCUT2D eigenvalue weighted by atomic mass is 32.1. The minimum atomic E-state index is -0.194. The molecular weight excluding hydrogens is 683 g/mol. The van der Waals surface area contributed by atoms with E-state index in [0.717, 1.165) is 17.1 Å². The molecule has 0 atom stereocenters. The first-order valence-corrected chi connectivity index (χ1v) is 19.9. The van der Waals surface area contributed by atoms with Crippen LogP contribution < -0.4 is 4.90 Å². The molecule has 2 heteroatoms. The highest BCUT2D eigenvalue weighted by Crippen LogP contribution is 2.56. The molecule has 10 aromatic rings. The first-order valence-electron chi connectivity index (χ1n) is 19.1. The van der Waals surface area contributed by atoms with Crippen molar-refractivity contribution in [1.82, 2.24) is 0 Å². The SMILES string of the molecule is CC1(C)c2cc(-c3ccc(-c4ccccc4)s3)c3ccccc3c2-c2ccc3cc(N(c4ccc5ccccc5c4)c4ccc5ccccc5c4)ccc3c21. The zero-order valence-corrected chi connectivity index (χ0v) is 31.6. The quantitative estimate of drug-likeness (QED) is 0.171. The summed E-state index contributed by atoms with van der Waals surface area (Å²) in [4.78, 5) is 5.02. The van der Waals surface area contributed by atoms with Crippen molar-refractivity contribution < 1.29 is 0 Å². The van der Waals surface area contributed by atoms with Gasteiger partial charge in [-0.3, -0.25) is 0 Å². The van der Waals surface area contributed by atoms with Gasteiger partial charge < -0.3 is 4.90 Å². The monoisotopic (exact) mass is 719 g/mol. The molecule has 0 unspecified atom stereocenters. The largest absolute Gasteiger partial charge is 0.310 e. The zero-order valence-electron chi connectivity index (χ0n) is 30.8. The van der Waals surface area contributed by atoms with Crippen LogP contribution >= 0.6 is 11.3 Å². The molecule has 1 aromatic heterocycles. The predicted molar refractivity (Wildman–Crippen MR) is 237 cm³/mol. The van der Waals surface area contributed by atoms with Crippen LogP contribution in [0.1, 0.15) is 25.0 Å². The number of anilines is 3. The Morgan fingerprint density at radius 1 is 0.400 bits per heavy atom. The molecule has 55 heavy (non-hydrogen) atoms. The van der Waals surface area contributed by atoms with E-state index in [2.05, 4.69) is 207 Å². The van der Waals surface area contributed by atoms with Gasteiger partial charge in [-0.25, -0.2) is 0 Å². The van der Waals surface area contributed by atoms with Gasteiger partial charge in [-0.15, -0.1) is 11.3 Å². The Labute approximate surface area is 325 Å². The molecule has 1 heterocycles. The molecule has 0 radical (unpaired) electrons. The van der Waals surface area contributed by atoms with E-state index in [1.54, 1.807) is 0 Å². The van der Waals surface area contributed by atoms with Gasteiger partial charge >= 0.3 is 0 Å². The maximum Gasteiger partial charge on any atom is 0.0468 e. The van der Waals surface area contributed by atoms with Crippen LogP contribution in [0, 0.1) is 0 Å². The van der Waals surface area contributed by atoms with E-state index in [1.807, 2.05) is 11.3 Å². The molecule has 0 spiro atoms. The molecule has 260 valence electrons. The number of thiophene rings is 1. The molecule has 1 aliphatic rings. The van der Waals surface area contributed by atoms with Gasteiger partial charge in [-0.2, -0.15) is 0 Å². The van der Waals surface area contributed by atoms with Gasteiger partial charge in [0.25, 0.3) is 0 Å². The molecule has 0 saturated carbocycles. The average molecular weight is 720 g/mol. The summed E-state index contributed by atoms with van der Waals surface area (Å²) < 4.78 is 0. The minimum absolute atomic E-state index is 0.194. The number of rotatable bonds is 5. The van der Waals surface area contributed by atoms with Crippen LogP contribution in [-0.2, 0) is 5.41 Å². The molecule has 1 nitrogen and oxygen atoms in total. The summed E-state index contributed by atoms with van der Waals surface area (Å²) in [5, 5.41) is 10.1. The van der Waals surface area contributed by atoms with Crippen LogP contribution in [0.2, 0.25) is 0 Å². The molecule has 1 aliphatic carbocycles. The third kappa shape index (κ3) is 5.06. The van der Waals surface area contributed by atoms with Crippen molar-refractivity contribution in [3.05, 3.63) is 199 Å². The van der Waals surface area contributed by atoms with Crippen molar-refractivity contribution in [2.75, 3.05) is 4.90 Å². The Morgan fingerprint density at radius 3 is 1.64 bits per heavy atom. The van der Waals surface area contributed by atoms with Crippen LogP contribution in [0.3, 0.4) is 0 Å². The van der Waals surface area contributed by atoms with Crippen molar-refractivity contribution in [2.24, 2.45) is 0 Å². The molecule has 0 N–H and O–H groups in total. The number of benzene rings is 9. The fourth-order valence-electron chi connectivity index (χ4n) is 9.15. The summed E-state index contributed by atoms with van der Waals surface area (Å²) in [5.74, 6) is 0. The normalized spacial score (nSPS) is 13.1. The summed E-state index contributed by atoms with van der Waals surface area (Å²) in [6, 6.07) is 69.5. The number of fused-ring (bicyclic) bond motifs is 9. The number of nitrogens with zero attached hydrogens (tertiary/aromatic N) is 1. The van der Waals surface area contributed by atoms with E-state index in [-0.39, 0.29) is 5.41 Å². The van der Waals surface area contributed by atoms with Gasteiger partial charge in [0.15, 0.2) is 0 Å². The zero-order chi connectivity index (χ0) is 36.7. The topological polar surface area (TPSA) is 3.24 Å². The molecule has 0 amide bonds. The fourth-order valence-corrected chi connectivity index (χ4v) is 10.2. The minimum Gasteiger partial charge on any atom is -0.310 e. The predicted octanol–water partition coefficient (Wildman–Crippen LogP) is 15.5. The second kappa shape index (κ2) is 12.3. The van der Waals surface area contributed by atoms with Gasteiger partial charge in [0.1, 0.15) is 0 Å². The second-order valence-corrected chi connectivity index (χ2v) is 16.4. The van der Waals surface area contributed by atoms with Crippen molar-refractivity contribution in [1.29, 1.82) is 0 Å². The molecule has 9 aromatic carbocycles. The van der Waals surface area contributed by atoms with Gasteiger partial charge in [-0.05, 0) is 131 Å². The molecule has 11 rings (SSSR count). The van der Waals surface area contributed by atoms with E-state index in [1.165, 1.54) is 86.2 Å². The Hall–Kier alpha value is -6.48. The van der Waals surface area contributed by atoms with Crippen molar-refractivity contribution in [3.63, 3.8) is 0 Å². The van der Waals surface area contributed by atoms with Crippen LogP contribution in [-0.4, -0.2) is 0 Å². The highest BCUT2D eigenvalue weighted by Gasteiger charge is 2.39. The van der Waals surface area contributed by atoms with Gasteiger partial charge in [0.05, 0.1) is 0 Å². The Morgan fingerprint density at radius 2 is 0.945 bits per heavy atom. The molecule has 0 saturated heterocycles. The van der Waals surface area contributed by atoms with E-state index < -0.39 is 0 Å². The highest BCUT2D eigenvalue weighted by molar-refractivity contribution is 7.18. The lowest BCUT2D eigenvalue weighted by atomic mass is 9.79. The molecule has 0 fully saturated rings. The van der Waals surface area contributed by atoms with Gasteiger partial charge in [0.2, 0.25) is 0 Å². The van der Waals surface area contributed by atoms with Crippen LogP contribution in [0.15, 0.2) is 188 Å². The number of hydrogen-bond acceptors (Lipinski definition) is 2. The maximum atomic E-state index is 2.50. The van der Waals surface area contributed by atoms with Crippen molar-refractivity contribution in [3.8, 4) is 32.0 Å². The first kappa shape index (κ1) is 32.0. The first-order chi connectivity index (χ1) is 27.0. The Balaban J connectivity index is 1.07. The lowest BCUT2D eigenvalue weighted by Gasteiger charge is -2.28. The molecule has 0 aliphatic heterocycles. The van der Waals surface area contributed by atoms with E-state index in [0.29, 0.717) is 0 Å². The summed E-state index contributed by atoms with van der Waals surface area (Å²) in [6.07, 6.45) is 0. The van der Waals surface area contributed by atoms with E-state index in [4.69, 9.17) is 0 Å². The Kier molecular flexibility index (Phi) is 7.14. The fraction of sp³-hybridized carbons (Fsp3) is 0.0566. The van der Waals surface area contributed by atoms with Crippen molar-refractivity contribution in [2.45, 2.75) is 19.3 Å². The lowest BCUT2D eigenvalue weighted by Crippen LogP contribution is -2.16. The van der Waals surface area contributed by atoms with E-state index >= 15 is 0 Å². The third-order valence-corrected chi connectivity index (χ3v) is 13.0. The van der Waals surface area contributed by atoms with Gasteiger partial charge in [-0.1, -0.05) is 147 Å². The smallest absolute Gasteiger partial charge is 0.0468 e. The van der Waals surface area contributed by atoms with Crippen LogP contribution in [0.5, 0.6) is 0 Å². The van der Waals surface area contributed by atoms with Crippen LogP contribution in [0.25, 0.3) is 75.1 Å². The summed E-state index contributed by atoms with van der Waals surface area (Å²) in [6.45, 7) is 4.84. The second-order valence-electron chi connectivity index (χ2n) is 15.3. The standard InChI is InChI=1S/C53H37NS/c1-53(2)48-33-47(50-29-28-49(55-50)36-14-4-3-5-15-36)44-18-10-11-19-45(44)51(48)46-26-22-39-32-42(25-27-43(39)52(46)53)54(40-23-20-34-12-6-8-16-37(34)30-40)41-24-21-35-13-7-9-17-38(35)31-41/h3-33H,1-2H3. The van der Waals surface area contributed by atoms with Gasteiger partial charge in [0, 0.05) is 32.2 Å². The average Bonchev–Trinajstić information content (AvgIpc) is 3.82. The number of hydrogen-bond donors (Lipinski definition) is 0.